The second kappa shape index (κ2) is 64.8. The summed E-state index contributed by atoms with van der Waals surface area (Å²) in [7, 11) is 6.03. The Labute approximate surface area is 477 Å². The van der Waals surface area contributed by atoms with Crippen LogP contribution in [0.25, 0.3) is 0 Å². The summed E-state index contributed by atoms with van der Waals surface area (Å²) in [6, 6.07) is -0.942. The van der Waals surface area contributed by atoms with Crippen molar-refractivity contribution in [3.8, 4) is 0 Å². The van der Waals surface area contributed by atoms with E-state index < -0.39 is 23.9 Å². The molecule has 0 rings (SSSR count). The third-order valence-electron chi connectivity index (χ3n) is 11.0. The lowest BCUT2D eigenvalue weighted by Gasteiger charge is -2.32. The van der Waals surface area contributed by atoms with E-state index in [1.807, 2.05) is 18.7 Å². The predicted molar refractivity (Wildman–Crippen MR) is 297 cm³/mol. The van der Waals surface area contributed by atoms with Gasteiger partial charge in [0.2, 0.25) is 5.91 Å². The highest BCUT2D eigenvalue weighted by Crippen LogP contribution is 2.11. The lowest BCUT2D eigenvalue weighted by Crippen LogP contribution is -2.48. The molecule has 0 aliphatic heterocycles. The molecule has 0 aromatic heterocycles. The van der Waals surface area contributed by atoms with Crippen LogP contribution in [0.4, 0.5) is 0 Å². The lowest BCUT2D eigenvalue weighted by molar-refractivity contribution is -0.144. The van der Waals surface area contributed by atoms with Gasteiger partial charge >= 0.3 is 17.9 Å². The predicted octanol–water partition coefficient (Wildman–Crippen LogP) is 0.746. The minimum atomic E-state index is -1.06. The number of rotatable bonds is 61. The van der Waals surface area contributed by atoms with Gasteiger partial charge in [0.25, 0.3) is 0 Å². The molecule has 26 nitrogen and oxygen atoms in total. The first-order valence-corrected chi connectivity index (χ1v) is 28.0. The van der Waals surface area contributed by atoms with Gasteiger partial charge in [0.15, 0.2) is 7.85 Å². The van der Waals surface area contributed by atoms with Gasteiger partial charge in [0.1, 0.15) is 12.3 Å². The van der Waals surface area contributed by atoms with E-state index in [0.717, 1.165) is 26.2 Å². The van der Waals surface area contributed by atoms with Crippen molar-refractivity contribution in [1.82, 2.24) is 20.0 Å². The highest BCUT2D eigenvalue weighted by Gasteiger charge is 2.27. The van der Waals surface area contributed by atoms with E-state index in [0.29, 0.717) is 197 Å². The average molecular weight is 1160 g/mol. The Morgan fingerprint density at radius 3 is 1.10 bits per heavy atom. The molecule has 0 heterocycles. The maximum atomic E-state index is 12.6. The van der Waals surface area contributed by atoms with E-state index in [4.69, 9.17) is 69.8 Å². The number of nitrogens with zero attached hydrogens (tertiary/aromatic N) is 3. The summed E-state index contributed by atoms with van der Waals surface area (Å²) in [5.74, 6) is -2.91. The van der Waals surface area contributed by atoms with Gasteiger partial charge in [-0.1, -0.05) is 34.1 Å². The van der Waals surface area contributed by atoms with Crippen molar-refractivity contribution in [2.45, 2.75) is 78.7 Å². The number of carboxylic acids is 3. The Morgan fingerprint density at radius 1 is 0.475 bits per heavy atom. The van der Waals surface area contributed by atoms with Gasteiger partial charge in [0, 0.05) is 59.1 Å². The molecule has 2 radical (unpaired) electrons. The average Bonchev–Trinajstić information content (AvgIpc) is 3.43. The summed E-state index contributed by atoms with van der Waals surface area (Å²) in [5.41, 5.74) is -0.388. The van der Waals surface area contributed by atoms with Gasteiger partial charge < -0.3 is 92.2 Å². The van der Waals surface area contributed by atoms with Crippen molar-refractivity contribution in [3.63, 3.8) is 0 Å². The number of hydrogen-bond acceptors (Lipinski definition) is 22. The topological polar surface area (TPSA) is 316 Å². The van der Waals surface area contributed by atoms with Crippen LogP contribution in [-0.2, 0) is 85.6 Å². The number of aliphatic carboxylic acids is 3. The highest BCUT2D eigenvalue weighted by atomic mass is 16.6. The second-order valence-corrected chi connectivity index (χ2v) is 17.6. The Balaban J connectivity index is -0.00000941. The molecule has 0 saturated carbocycles. The van der Waals surface area contributed by atoms with Crippen LogP contribution in [0.3, 0.4) is 0 Å². The zero-order valence-corrected chi connectivity index (χ0v) is 49.1. The maximum Gasteiger partial charge on any atom is 0.320 e. The molecule has 2 atom stereocenters. The molecule has 0 aromatic rings. The first kappa shape index (κ1) is 80.9. The van der Waals surface area contributed by atoms with Crippen molar-refractivity contribution < 1.29 is 106 Å². The van der Waals surface area contributed by atoms with E-state index in [1.54, 1.807) is 9.80 Å². The summed E-state index contributed by atoms with van der Waals surface area (Å²) in [6.45, 7) is 20.1. The fourth-order valence-electron chi connectivity index (χ4n) is 6.57. The third kappa shape index (κ3) is 62.2. The van der Waals surface area contributed by atoms with Crippen molar-refractivity contribution in [1.29, 1.82) is 0 Å². The zero-order chi connectivity index (χ0) is 60.0. The number of carboxylic acid groups (broad SMARTS) is 3. The van der Waals surface area contributed by atoms with Crippen LogP contribution in [0.15, 0.2) is 0 Å². The summed E-state index contributed by atoms with van der Waals surface area (Å²) in [4.78, 5) is 73.1. The van der Waals surface area contributed by atoms with E-state index in [2.05, 4.69) is 19.2 Å². The number of nitrogens with one attached hydrogen (secondary N) is 1. The fraction of sp³-hybridized carbons (Fsp3) is 0.887. The number of aliphatic hydroxyl groups excluding tert-OH is 1. The van der Waals surface area contributed by atoms with Crippen LogP contribution >= 0.6 is 0 Å². The van der Waals surface area contributed by atoms with Gasteiger partial charge in [-0.25, -0.2) is 0 Å². The molecule has 0 aliphatic carbocycles. The van der Waals surface area contributed by atoms with Crippen LogP contribution in [0.2, 0.25) is 0 Å². The molecular weight excluding hydrogens is 1060 g/mol. The Bertz CT molecular complexity index is 1420. The SMILES string of the molecule is CCC=O.CO.[B]C(=O)CCOCCOCCOCCOCCOCCOCCOCCOCCOCCOCCOCCOCCNC(=O)CCC(C(=O)O)N(CCC)CCN(CCN(CCC(C)CC)CC(=O)O)CC(=O)O. The van der Waals surface area contributed by atoms with Crippen LogP contribution in [0.5, 0.6) is 0 Å². The Morgan fingerprint density at radius 2 is 0.800 bits per heavy atom. The molecule has 470 valence electrons. The number of ether oxygens (including phenoxy) is 12. The molecule has 27 heteroatoms. The largest absolute Gasteiger partial charge is 0.480 e. The lowest BCUT2D eigenvalue weighted by atomic mass is 10.0. The summed E-state index contributed by atoms with van der Waals surface area (Å²) < 4.78 is 65.5. The molecule has 0 aliphatic rings. The quantitative estimate of drug-likeness (QED) is 0.0319. The van der Waals surface area contributed by atoms with Crippen LogP contribution in [-0.4, -0.2) is 309 Å². The number of aliphatic hydroxyl groups is 1. The monoisotopic (exact) mass is 1160 g/mol. The first-order chi connectivity index (χ1) is 38.8. The molecule has 5 N–H and O–H groups in total. The van der Waals surface area contributed by atoms with Crippen molar-refractivity contribution in [3.05, 3.63) is 0 Å². The molecule has 1 amide bonds. The number of carbonyl (C=O) groups is 6. The van der Waals surface area contributed by atoms with Crippen LogP contribution < -0.4 is 5.32 Å². The fourth-order valence-corrected chi connectivity index (χ4v) is 6.57. The molecule has 0 aromatic carbocycles. The Kier molecular flexibility index (Phi) is 65.5. The van der Waals surface area contributed by atoms with Gasteiger partial charge in [-0.2, -0.15) is 0 Å². The van der Waals surface area contributed by atoms with Crippen LogP contribution in [0.1, 0.15) is 72.6 Å². The molecule has 0 fully saturated rings. The first-order valence-electron chi connectivity index (χ1n) is 28.0. The Hall–Kier alpha value is -3.36. The van der Waals surface area contributed by atoms with Gasteiger partial charge in [0.05, 0.1) is 177 Å². The smallest absolute Gasteiger partial charge is 0.320 e. The molecule has 0 bridgehead atoms. The minimum absolute atomic E-state index is 0.00991. The minimum Gasteiger partial charge on any atom is -0.480 e. The highest BCUT2D eigenvalue weighted by molar-refractivity contribution is 6.57. The standard InChI is InChI=1S/C49H93BN4O20.C3H6O.CH4O/c1-4-11-54(16-15-53(42-48(59)60)14-13-52(41-47(57)58)12-8-43(3)5-2)44(49(61)62)6-7-46(56)51-10-18-64-20-22-66-24-26-68-28-30-70-32-34-72-36-38-74-40-39-73-37-35-71-33-31-69-29-27-67-25-23-65-21-19-63-17-9-45(50)55;1-2-3-4;1-2/h43-44H,4-42H2,1-3H3,(H,51,56)(H,57,58)(H,59,60)(H,61,62);3H,2H2,1H3;2H,1H3. The van der Waals surface area contributed by atoms with E-state index >= 15 is 0 Å². The van der Waals surface area contributed by atoms with Gasteiger partial charge in [-0.05, 0) is 38.3 Å². The molecule has 2 unspecified atom stereocenters. The summed E-state index contributed by atoms with van der Waals surface area (Å²) in [5, 5.41) is 38.8. The molecule has 80 heavy (non-hydrogen) atoms. The number of aldehydes is 1. The molecular formula is C53H103BN4O22. The van der Waals surface area contributed by atoms with Crippen molar-refractivity contribution >= 4 is 43.6 Å². The van der Waals surface area contributed by atoms with E-state index in [9.17, 15) is 44.1 Å². The molecule has 0 spiro atoms. The van der Waals surface area contributed by atoms with Crippen molar-refractivity contribution in [2.24, 2.45) is 5.92 Å². The van der Waals surface area contributed by atoms with Gasteiger partial charge in [-0.3, -0.25) is 33.9 Å². The normalized spacial score (nSPS) is 12.0. The van der Waals surface area contributed by atoms with Crippen molar-refractivity contribution in [2.75, 3.05) is 225 Å². The zero-order valence-electron chi connectivity index (χ0n) is 49.1. The number of amides is 1. The molecule has 0 saturated heterocycles. The van der Waals surface area contributed by atoms with E-state index in [-0.39, 0.29) is 70.2 Å². The van der Waals surface area contributed by atoms with E-state index in [1.165, 1.54) is 0 Å². The van der Waals surface area contributed by atoms with Gasteiger partial charge in [-0.15, -0.1) is 0 Å². The maximum absolute atomic E-state index is 12.6. The number of hydrogen-bond donors (Lipinski definition) is 5. The third-order valence-corrected chi connectivity index (χ3v) is 11.0. The van der Waals surface area contributed by atoms with Crippen LogP contribution in [0, 0.1) is 5.92 Å². The summed E-state index contributed by atoms with van der Waals surface area (Å²) >= 11 is 0. The number of carbonyl (C=O) groups excluding carboxylic acids is 3. The second-order valence-electron chi connectivity index (χ2n) is 17.6. The summed E-state index contributed by atoms with van der Waals surface area (Å²) in [6.07, 6.45) is 4.25.